The van der Waals surface area contributed by atoms with Crippen LogP contribution in [0.4, 0.5) is 10.1 Å². The minimum Gasteiger partial charge on any atom is -0.495 e. The van der Waals surface area contributed by atoms with Gasteiger partial charge in [0.05, 0.1) is 18.6 Å². The largest absolute Gasteiger partial charge is 0.495 e. The molecular weight excluding hydrogens is 419 g/mol. The van der Waals surface area contributed by atoms with Gasteiger partial charge in [0.15, 0.2) is 5.82 Å². The van der Waals surface area contributed by atoms with Crippen molar-refractivity contribution in [3.8, 4) is 17.1 Å². The van der Waals surface area contributed by atoms with Gasteiger partial charge < -0.3 is 20.4 Å². The van der Waals surface area contributed by atoms with Crippen LogP contribution >= 0.6 is 11.8 Å². The zero-order valence-corrected chi connectivity index (χ0v) is 17.9. The third kappa shape index (κ3) is 4.58. The molecule has 3 aromatic rings. The Kier molecular flexibility index (Phi) is 6.26. The van der Waals surface area contributed by atoms with Crippen LogP contribution < -0.4 is 15.5 Å². The number of ether oxygens (including phenoxy) is 1. The van der Waals surface area contributed by atoms with Crippen LogP contribution in [0.1, 0.15) is 0 Å². The van der Waals surface area contributed by atoms with Crippen LogP contribution in [0.2, 0.25) is 0 Å². The molecule has 1 aliphatic rings. The third-order valence-corrected chi connectivity index (χ3v) is 6.06. The molecule has 2 N–H and O–H groups in total. The molecule has 10 heteroatoms. The zero-order valence-electron chi connectivity index (χ0n) is 17.1. The fourth-order valence-electron chi connectivity index (χ4n) is 3.51. The van der Waals surface area contributed by atoms with E-state index < -0.39 is 0 Å². The third-order valence-electron chi connectivity index (χ3n) is 5.13. The number of hydrogen-bond donors (Lipinski definition) is 1. The lowest BCUT2D eigenvalue weighted by atomic mass is 10.2. The molecule has 1 aromatic heterocycles. The Bertz CT molecular complexity index is 1070. The van der Waals surface area contributed by atoms with Gasteiger partial charge >= 0.3 is 0 Å². The molecule has 0 unspecified atom stereocenters. The minimum atomic E-state index is -0.378. The molecule has 0 saturated carbocycles. The number of nitrogen functional groups attached to an aromatic ring is 1. The number of benzene rings is 2. The predicted molar refractivity (Wildman–Crippen MR) is 118 cm³/mol. The number of aromatic nitrogens is 3. The van der Waals surface area contributed by atoms with Gasteiger partial charge in [-0.05, 0) is 24.3 Å². The maximum absolute atomic E-state index is 13.5. The normalized spacial score (nSPS) is 14.0. The number of anilines is 1. The maximum Gasteiger partial charge on any atom is 0.233 e. The Balaban J connectivity index is 1.33. The van der Waals surface area contributed by atoms with E-state index in [0.29, 0.717) is 29.6 Å². The van der Waals surface area contributed by atoms with Gasteiger partial charge in [0.25, 0.3) is 0 Å². The molecule has 1 saturated heterocycles. The van der Waals surface area contributed by atoms with Crippen molar-refractivity contribution in [2.24, 2.45) is 0 Å². The summed E-state index contributed by atoms with van der Waals surface area (Å²) in [6, 6.07) is 13.9. The van der Waals surface area contributed by atoms with Gasteiger partial charge in [0.1, 0.15) is 11.6 Å². The van der Waals surface area contributed by atoms with Crippen molar-refractivity contribution in [1.82, 2.24) is 19.8 Å². The van der Waals surface area contributed by atoms with Crippen molar-refractivity contribution in [3.05, 3.63) is 54.3 Å². The minimum absolute atomic E-state index is 0.0139. The molecule has 1 aliphatic heterocycles. The molecule has 0 radical (unpaired) electrons. The molecule has 0 atom stereocenters. The number of rotatable bonds is 6. The van der Waals surface area contributed by atoms with Gasteiger partial charge in [0, 0.05) is 31.7 Å². The van der Waals surface area contributed by atoms with Crippen LogP contribution in [0.25, 0.3) is 11.4 Å². The summed E-state index contributed by atoms with van der Waals surface area (Å²) in [4.78, 5) is 16.7. The Labute approximate surface area is 183 Å². The van der Waals surface area contributed by atoms with Crippen LogP contribution in [0.15, 0.2) is 53.7 Å². The van der Waals surface area contributed by atoms with E-state index in [1.54, 1.807) is 19.2 Å². The monoisotopic (exact) mass is 442 g/mol. The highest BCUT2D eigenvalue weighted by Crippen LogP contribution is 2.28. The standard InChI is InChI=1S/C21H23FN6O2S/c1-30-18-8-3-2-7-17(18)26-9-11-27(12-10-26)19(29)14-31-21-25-24-20(28(21)23)15-5-4-6-16(22)13-15/h2-8,13H,9-12,14,23H2,1H3. The summed E-state index contributed by atoms with van der Waals surface area (Å²) in [7, 11) is 1.66. The van der Waals surface area contributed by atoms with Crippen molar-refractivity contribution >= 4 is 23.4 Å². The molecule has 1 fully saturated rings. The van der Waals surface area contributed by atoms with E-state index in [1.165, 1.54) is 28.6 Å². The molecule has 0 spiro atoms. The van der Waals surface area contributed by atoms with Crippen LogP contribution in [-0.4, -0.2) is 64.7 Å². The second kappa shape index (κ2) is 9.25. The lowest BCUT2D eigenvalue weighted by molar-refractivity contribution is -0.128. The highest BCUT2D eigenvalue weighted by atomic mass is 32.2. The van der Waals surface area contributed by atoms with E-state index in [2.05, 4.69) is 15.1 Å². The van der Waals surface area contributed by atoms with Crippen molar-refractivity contribution in [3.63, 3.8) is 0 Å². The molecule has 0 bridgehead atoms. The number of halogens is 1. The summed E-state index contributed by atoms with van der Waals surface area (Å²) in [5.41, 5.74) is 1.56. The topological polar surface area (TPSA) is 89.5 Å². The smallest absolute Gasteiger partial charge is 0.233 e. The molecule has 2 heterocycles. The first-order valence-corrected chi connectivity index (χ1v) is 10.8. The van der Waals surface area contributed by atoms with Crippen molar-refractivity contribution in [1.29, 1.82) is 0 Å². The fourth-order valence-corrected chi connectivity index (χ4v) is 4.26. The summed E-state index contributed by atoms with van der Waals surface area (Å²) in [5.74, 6) is 7.08. The molecule has 31 heavy (non-hydrogen) atoms. The average molecular weight is 443 g/mol. The van der Waals surface area contributed by atoms with Crippen LogP contribution in [0.5, 0.6) is 5.75 Å². The first kappa shape index (κ1) is 21.0. The summed E-state index contributed by atoms with van der Waals surface area (Å²) >= 11 is 1.22. The number of amides is 1. The van der Waals surface area contributed by atoms with Gasteiger partial charge in [-0.25, -0.2) is 9.07 Å². The van der Waals surface area contributed by atoms with E-state index in [9.17, 15) is 9.18 Å². The van der Waals surface area contributed by atoms with Gasteiger partial charge in [-0.3, -0.25) is 4.79 Å². The summed E-state index contributed by atoms with van der Waals surface area (Å²) in [5, 5.41) is 8.48. The molecule has 2 aromatic carbocycles. The van der Waals surface area contributed by atoms with Gasteiger partial charge in [0.2, 0.25) is 11.1 Å². The molecule has 4 rings (SSSR count). The Morgan fingerprint density at radius 3 is 2.65 bits per heavy atom. The number of thioether (sulfide) groups is 1. The number of hydrogen-bond acceptors (Lipinski definition) is 7. The number of piperazine rings is 1. The fraction of sp³-hybridized carbons (Fsp3) is 0.286. The molecule has 8 nitrogen and oxygen atoms in total. The summed E-state index contributed by atoms with van der Waals surface area (Å²) in [6.07, 6.45) is 0. The second-order valence-corrected chi connectivity index (χ2v) is 7.96. The molecule has 162 valence electrons. The van der Waals surface area contributed by atoms with Crippen LogP contribution in [0, 0.1) is 5.82 Å². The zero-order chi connectivity index (χ0) is 21.8. The molecular formula is C21H23FN6O2S. The number of nitrogens with two attached hydrogens (primary N) is 1. The lowest BCUT2D eigenvalue weighted by Crippen LogP contribution is -2.49. The summed E-state index contributed by atoms with van der Waals surface area (Å²) < 4.78 is 20.2. The highest BCUT2D eigenvalue weighted by Gasteiger charge is 2.23. The van der Waals surface area contributed by atoms with E-state index >= 15 is 0 Å². The van der Waals surface area contributed by atoms with Crippen LogP contribution in [-0.2, 0) is 4.79 Å². The SMILES string of the molecule is COc1ccccc1N1CCN(C(=O)CSc2nnc(-c3cccc(F)c3)n2N)CC1. The molecule has 0 aliphatic carbocycles. The Morgan fingerprint density at radius 2 is 1.90 bits per heavy atom. The van der Waals surface area contributed by atoms with Crippen molar-refractivity contribution in [2.75, 3.05) is 49.8 Å². The number of carbonyl (C=O) groups excluding carboxylic acids is 1. The quantitative estimate of drug-likeness (QED) is 0.463. The average Bonchev–Trinajstić information content (AvgIpc) is 3.17. The first-order valence-electron chi connectivity index (χ1n) is 9.82. The number of methoxy groups -OCH3 is 1. The van der Waals surface area contributed by atoms with Gasteiger partial charge in [-0.1, -0.05) is 36.0 Å². The van der Waals surface area contributed by atoms with Crippen molar-refractivity contribution in [2.45, 2.75) is 5.16 Å². The van der Waals surface area contributed by atoms with E-state index in [-0.39, 0.29) is 17.5 Å². The van der Waals surface area contributed by atoms with E-state index in [1.807, 2.05) is 29.2 Å². The number of carbonyl (C=O) groups is 1. The Morgan fingerprint density at radius 1 is 1.13 bits per heavy atom. The van der Waals surface area contributed by atoms with E-state index in [4.69, 9.17) is 10.6 Å². The van der Waals surface area contributed by atoms with Gasteiger partial charge in [-0.15, -0.1) is 10.2 Å². The van der Waals surface area contributed by atoms with E-state index in [0.717, 1.165) is 24.5 Å². The highest BCUT2D eigenvalue weighted by molar-refractivity contribution is 7.99. The second-order valence-electron chi connectivity index (χ2n) is 7.01. The van der Waals surface area contributed by atoms with Crippen LogP contribution in [0.3, 0.4) is 0 Å². The lowest BCUT2D eigenvalue weighted by Gasteiger charge is -2.36. The number of para-hydroxylation sites is 2. The predicted octanol–water partition coefficient (Wildman–Crippen LogP) is 2.25. The first-order chi connectivity index (χ1) is 15.1. The maximum atomic E-state index is 13.5. The van der Waals surface area contributed by atoms with Gasteiger partial charge in [-0.2, -0.15) is 0 Å². The molecule has 1 amide bonds. The number of nitrogens with zero attached hydrogens (tertiary/aromatic N) is 5. The Hall–Kier alpha value is -3.27. The van der Waals surface area contributed by atoms with Crippen molar-refractivity contribution < 1.29 is 13.9 Å². The summed E-state index contributed by atoms with van der Waals surface area (Å²) in [6.45, 7) is 2.71.